The molecule has 1 aromatic heterocycles. The number of aromatic nitrogens is 4. The minimum absolute atomic E-state index is 0.120. The van der Waals surface area contributed by atoms with Crippen molar-refractivity contribution in [2.24, 2.45) is 0 Å². The van der Waals surface area contributed by atoms with E-state index in [9.17, 15) is 13.2 Å². The number of sulfone groups is 1. The molecule has 1 unspecified atom stereocenters. The highest BCUT2D eigenvalue weighted by atomic mass is 32.2. The number of nitrogens with zero attached hydrogens (tertiary/aromatic N) is 4. The molecule has 0 saturated heterocycles. The summed E-state index contributed by atoms with van der Waals surface area (Å²) < 4.78 is 26.3. The first-order valence-corrected chi connectivity index (χ1v) is 9.03. The molecule has 1 aliphatic carbocycles. The maximum atomic E-state index is 12.5. The van der Waals surface area contributed by atoms with Gasteiger partial charge in [0.1, 0.15) is 11.0 Å². The second-order valence-corrected chi connectivity index (χ2v) is 7.90. The summed E-state index contributed by atoms with van der Waals surface area (Å²) in [5.41, 5.74) is 0.665. The summed E-state index contributed by atoms with van der Waals surface area (Å²) in [6, 6.07) is 9.12. The maximum absolute atomic E-state index is 12.5. The van der Waals surface area contributed by atoms with E-state index in [1.807, 2.05) is 6.07 Å². The van der Waals surface area contributed by atoms with E-state index in [0.717, 1.165) is 12.8 Å². The Bertz CT molecular complexity index is 799. The quantitative estimate of drug-likeness (QED) is 0.810. The molecule has 1 amide bonds. The Morgan fingerprint density at radius 3 is 2.70 bits per heavy atom. The largest absolute Gasteiger partial charge is 0.352 e. The van der Waals surface area contributed by atoms with Crippen molar-refractivity contribution in [3.63, 3.8) is 0 Å². The predicted molar refractivity (Wildman–Crippen MR) is 82.4 cm³/mol. The van der Waals surface area contributed by atoms with E-state index in [1.54, 1.807) is 24.3 Å². The molecular weight excluding hydrogens is 318 g/mol. The van der Waals surface area contributed by atoms with Crippen molar-refractivity contribution in [3.8, 4) is 5.69 Å². The number of hydrogen-bond acceptors (Lipinski definition) is 6. The summed E-state index contributed by atoms with van der Waals surface area (Å²) in [5, 5.41) is 12.7. The molecule has 0 radical (unpaired) electrons. The number of hydrogen-bond donors (Lipinski definition) is 1. The first kappa shape index (κ1) is 15.6. The van der Waals surface area contributed by atoms with E-state index >= 15 is 0 Å². The first-order valence-electron chi connectivity index (χ1n) is 7.32. The number of rotatable bonds is 6. The lowest BCUT2D eigenvalue weighted by atomic mass is 10.3. The molecule has 1 saturated carbocycles. The van der Waals surface area contributed by atoms with Gasteiger partial charge in [0, 0.05) is 6.04 Å². The highest BCUT2D eigenvalue weighted by Crippen LogP contribution is 2.20. The normalized spacial score (nSPS) is 16.0. The molecule has 0 bridgehead atoms. The van der Waals surface area contributed by atoms with Crippen LogP contribution < -0.4 is 5.32 Å². The van der Waals surface area contributed by atoms with Gasteiger partial charge >= 0.3 is 0 Å². The average Bonchev–Trinajstić information content (AvgIpc) is 3.23. The van der Waals surface area contributed by atoms with Gasteiger partial charge in [-0.05, 0) is 42.3 Å². The van der Waals surface area contributed by atoms with Gasteiger partial charge < -0.3 is 5.32 Å². The zero-order valence-corrected chi connectivity index (χ0v) is 13.4. The van der Waals surface area contributed by atoms with Crippen molar-refractivity contribution in [1.29, 1.82) is 0 Å². The molecule has 0 aliphatic heterocycles. The van der Waals surface area contributed by atoms with E-state index in [1.165, 1.54) is 11.6 Å². The Morgan fingerprint density at radius 1 is 1.35 bits per heavy atom. The van der Waals surface area contributed by atoms with Crippen molar-refractivity contribution < 1.29 is 13.2 Å². The molecule has 1 heterocycles. The molecule has 23 heavy (non-hydrogen) atoms. The topological polar surface area (TPSA) is 107 Å². The average molecular weight is 335 g/mol. The van der Waals surface area contributed by atoms with Crippen LogP contribution >= 0.6 is 0 Å². The number of nitrogens with one attached hydrogen (secondary N) is 1. The Balaban J connectivity index is 1.78. The molecule has 122 valence electrons. The van der Waals surface area contributed by atoms with Crippen LogP contribution in [0.1, 0.15) is 25.6 Å². The van der Waals surface area contributed by atoms with Gasteiger partial charge in [0.2, 0.25) is 5.91 Å². The number of carbonyl (C=O) groups is 1. The van der Waals surface area contributed by atoms with Crippen molar-refractivity contribution >= 4 is 15.7 Å². The molecule has 1 aliphatic rings. The number of benzene rings is 1. The number of tetrazole rings is 1. The van der Waals surface area contributed by atoms with E-state index in [0.29, 0.717) is 5.69 Å². The number of carbonyl (C=O) groups excluding carboxylic acids is 1. The SMILES string of the molecule is CC(C(=O)NC1CC1)S(=O)(=O)Cc1nnnn1-c1ccccc1. The maximum Gasteiger partial charge on any atom is 0.238 e. The highest BCUT2D eigenvalue weighted by molar-refractivity contribution is 7.92. The van der Waals surface area contributed by atoms with E-state index in [2.05, 4.69) is 20.8 Å². The fourth-order valence-electron chi connectivity index (χ4n) is 2.08. The Kier molecular flexibility index (Phi) is 4.12. The number of para-hydroxylation sites is 1. The zero-order valence-electron chi connectivity index (χ0n) is 12.6. The lowest BCUT2D eigenvalue weighted by molar-refractivity contribution is -0.120. The van der Waals surface area contributed by atoms with Crippen molar-refractivity contribution in [2.75, 3.05) is 0 Å². The molecule has 9 heteroatoms. The lowest BCUT2D eigenvalue weighted by Crippen LogP contribution is -2.39. The van der Waals surface area contributed by atoms with Gasteiger partial charge in [-0.3, -0.25) is 4.79 Å². The molecule has 8 nitrogen and oxygen atoms in total. The van der Waals surface area contributed by atoms with Gasteiger partial charge in [0.05, 0.1) is 5.69 Å². The van der Waals surface area contributed by atoms with Crippen molar-refractivity contribution in [3.05, 3.63) is 36.2 Å². The van der Waals surface area contributed by atoms with Gasteiger partial charge in [-0.1, -0.05) is 18.2 Å². The van der Waals surface area contributed by atoms with Gasteiger partial charge in [-0.25, -0.2) is 8.42 Å². The van der Waals surface area contributed by atoms with Crippen LogP contribution in [-0.4, -0.2) is 45.8 Å². The summed E-state index contributed by atoms with van der Waals surface area (Å²) in [7, 11) is -3.71. The van der Waals surface area contributed by atoms with Crippen LogP contribution in [0.3, 0.4) is 0 Å². The third kappa shape index (κ3) is 3.55. The number of amides is 1. The standard InChI is InChI=1S/C14H17N5O3S/c1-10(14(20)15-11-7-8-11)23(21,22)9-13-16-17-18-19(13)12-5-3-2-4-6-12/h2-6,10-11H,7-9H2,1H3,(H,15,20). The van der Waals surface area contributed by atoms with Gasteiger partial charge in [-0.15, -0.1) is 5.10 Å². The molecule has 1 atom stereocenters. The van der Waals surface area contributed by atoms with E-state index in [4.69, 9.17) is 0 Å². The summed E-state index contributed by atoms with van der Waals surface area (Å²) in [6.45, 7) is 1.39. The van der Waals surface area contributed by atoms with E-state index in [-0.39, 0.29) is 11.9 Å². The molecule has 1 fully saturated rings. The monoisotopic (exact) mass is 335 g/mol. The van der Waals surface area contributed by atoms with Crippen LogP contribution in [0.15, 0.2) is 30.3 Å². The second-order valence-electron chi connectivity index (χ2n) is 5.57. The zero-order chi connectivity index (χ0) is 16.4. The smallest absolute Gasteiger partial charge is 0.238 e. The van der Waals surface area contributed by atoms with E-state index < -0.39 is 26.7 Å². The van der Waals surface area contributed by atoms with Crippen molar-refractivity contribution in [1.82, 2.24) is 25.5 Å². The molecule has 1 aromatic carbocycles. The first-order chi connectivity index (χ1) is 11.0. The van der Waals surface area contributed by atoms with Crippen LogP contribution in [0.25, 0.3) is 5.69 Å². The Morgan fingerprint density at radius 2 is 2.04 bits per heavy atom. The lowest BCUT2D eigenvalue weighted by Gasteiger charge is -2.12. The Labute approximate surface area is 133 Å². The van der Waals surface area contributed by atoms with Crippen LogP contribution in [-0.2, 0) is 20.4 Å². The fourth-order valence-corrected chi connectivity index (χ4v) is 3.26. The molecule has 3 rings (SSSR count). The summed E-state index contributed by atoms with van der Waals surface area (Å²) >= 11 is 0. The van der Waals surface area contributed by atoms with Crippen LogP contribution in [0.5, 0.6) is 0 Å². The fraction of sp³-hybridized carbons (Fsp3) is 0.429. The second kappa shape index (κ2) is 6.07. The summed E-state index contributed by atoms with van der Waals surface area (Å²) in [5.74, 6) is -0.678. The predicted octanol–water partition coefficient (Wildman–Crippen LogP) is 0.244. The highest BCUT2D eigenvalue weighted by Gasteiger charge is 2.33. The summed E-state index contributed by atoms with van der Waals surface area (Å²) in [4.78, 5) is 12.0. The summed E-state index contributed by atoms with van der Waals surface area (Å²) in [6.07, 6.45) is 1.82. The minimum atomic E-state index is -3.71. The van der Waals surface area contributed by atoms with Crippen LogP contribution in [0, 0.1) is 0 Å². The van der Waals surface area contributed by atoms with Crippen molar-refractivity contribution in [2.45, 2.75) is 36.8 Å². The van der Waals surface area contributed by atoms with Crippen LogP contribution in [0.4, 0.5) is 0 Å². The van der Waals surface area contributed by atoms with Gasteiger partial charge in [0.15, 0.2) is 15.7 Å². The third-order valence-electron chi connectivity index (χ3n) is 3.70. The van der Waals surface area contributed by atoms with Gasteiger partial charge in [-0.2, -0.15) is 4.68 Å². The molecule has 2 aromatic rings. The van der Waals surface area contributed by atoms with Gasteiger partial charge in [0.25, 0.3) is 0 Å². The third-order valence-corrected chi connectivity index (χ3v) is 5.65. The minimum Gasteiger partial charge on any atom is -0.352 e. The molecule has 0 spiro atoms. The molecular formula is C14H17N5O3S. The van der Waals surface area contributed by atoms with Crippen LogP contribution in [0.2, 0.25) is 0 Å². The molecule has 1 N–H and O–H groups in total. The Hall–Kier alpha value is -2.29.